The van der Waals surface area contributed by atoms with Gasteiger partial charge in [0.2, 0.25) is 11.8 Å². The molecule has 1 aliphatic rings. The molecule has 0 unspecified atom stereocenters. The molecule has 0 bridgehead atoms. The van der Waals surface area contributed by atoms with Gasteiger partial charge in [-0.15, -0.1) is 0 Å². The van der Waals surface area contributed by atoms with Gasteiger partial charge in [0.1, 0.15) is 5.82 Å². The van der Waals surface area contributed by atoms with Gasteiger partial charge < -0.3 is 14.8 Å². The highest BCUT2D eigenvalue weighted by Gasteiger charge is 2.24. The van der Waals surface area contributed by atoms with Crippen LogP contribution in [0.25, 0.3) is 10.9 Å². The van der Waals surface area contributed by atoms with Crippen LogP contribution >= 0.6 is 12.2 Å². The Hall–Kier alpha value is -3.33. The van der Waals surface area contributed by atoms with Crippen molar-refractivity contribution in [3.8, 4) is 0 Å². The van der Waals surface area contributed by atoms with Crippen molar-refractivity contribution in [3.63, 3.8) is 0 Å². The summed E-state index contributed by atoms with van der Waals surface area (Å²) in [5.74, 6) is -0.455. The Morgan fingerprint density at radius 2 is 1.56 bits per heavy atom. The molecule has 166 valence electrons. The number of aromatic nitrogens is 2. The molecule has 1 fully saturated rings. The van der Waals surface area contributed by atoms with Gasteiger partial charge in [0.15, 0.2) is 4.77 Å². The van der Waals surface area contributed by atoms with Crippen LogP contribution < -0.4 is 5.56 Å². The van der Waals surface area contributed by atoms with Crippen LogP contribution in [0.2, 0.25) is 0 Å². The molecule has 2 amide bonds. The Balaban J connectivity index is 1.32. The zero-order valence-electron chi connectivity index (χ0n) is 17.4. The molecule has 7 nitrogen and oxygen atoms in total. The van der Waals surface area contributed by atoms with Gasteiger partial charge in [-0.1, -0.05) is 24.3 Å². The number of H-pyrrole nitrogens is 1. The molecule has 0 spiro atoms. The maximum atomic E-state index is 13.0. The summed E-state index contributed by atoms with van der Waals surface area (Å²) < 4.78 is 14.7. The van der Waals surface area contributed by atoms with E-state index in [1.807, 2.05) is 6.07 Å². The van der Waals surface area contributed by atoms with Gasteiger partial charge in [0.05, 0.1) is 17.3 Å². The van der Waals surface area contributed by atoms with Crippen LogP contribution in [0.1, 0.15) is 12.0 Å². The van der Waals surface area contributed by atoms with Crippen molar-refractivity contribution in [2.24, 2.45) is 0 Å². The largest absolute Gasteiger partial charge is 0.339 e. The van der Waals surface area contributed by atoms with Gasteiger partial charge in [-0.25, -0.2) is 4.39 Å². The molecule has 0 aliphatic carbocycles. The number of carbonyl (C=O) groups is 2. The number of halogens is 1. The fourth-order valence-electron chi connectivity index (χ4n) is 3.86. The fourth-order valence-corrected chi connectivity index (χ4v) is 4.15. The molecule has 1 aromatic heterocycles. The summed E-state index contributed by atoms with van der Waals surface area (Å²) >= 11 is 5.30. The number of rotatable bonds is 5. The lowest BCUT2D eigenvalue weighted by atomic mass is 10.1. The van der Waals surface area contributed by atoms with E-state index in [1.165, 1.54) is 16.7 Å². The van der Waals surface area contributed by atoms with E-state index in [0.29, 0.717) is 37.1 Å². The zero-order chi connectivity index (χ0) is 22.7. The van der Waals surface area contributed by atoms with Gasteiger partial charge in [-0.3, -0.25) is 19.0 Å². The smallest absolute Gasteiger partial charge is 0.262 e. The number of amides is 2. The third-order valence-corrected chi connectivity index (χ3v) is 6.01. The van der Waals surface area contributed by atoms with Gasteiger partial charge in [-0.05, 0) is 42.0 Å². The van der Waals surface area contributed by atoms with Crippen LogP contribution in [-0.4, -0.2) is 57.3 Å². The summed E-state index contributed by atoms with van der Waals surface area (Å²) in [4.78, 5) is 44.4. The first-order valence-corrected chi connectivity index (χ1v) is 10.8. The molecule has 2 aromatic carbocycles. The molecule has 0 atom stereocenters. The number of para-hydroxylation sites is 1. The summed E-state index contributed by atoms with van der Waals surface area (Å²) in [6, 6.07) is 13.0. The predicted molar refractivity (Wildman–Crippen MR) is 121 cm³/mol. The van der Waals surface area contributed by atoms with Crippen LogP contribution in [0.4, 0.5) is 4.39 Å². The number of hydrogen-bond acceptors (Lipinski definition) is 4. The maximum Gasteiger partial charge on any atom is 0.262 e. The molecule has 1 aliphatic heterocycles. The van der Waals surface area contributed by atoms with Gasteiger partial charge >= 0.3 is 0 Å². The summed E-state index contributed by atoms with van der Waals surface area (Å²) in [6.45, 7) is 1.96. The molecule has 1 saturated heterocycles. The standard InChI is InChI=1S/C23H23FN4O3S/c24-17-7-5-16(6-8-17)15-21(30)27-13-11-26(12-14-27)20(29)9-10-28-22(31)18-3-1-2-4-19(18)25-23(28)32/h1-8H,9-15H2,(H,25,32). The number of nitrogens with zero attached hydrogens (tertiary/aromatic N) is 3. The Labute approximate surface area is 189 Å². The van der Waals surface area contributed by atoms with Crippen molar-refractivity contribution in [3.05, 3.63) is 75.0 Å². The summed E-state index contributed by atoms with van der Waals surface area (Å²) in [5, 5.41) is 0.529. The highest BCUT2D eigenvalue weighted by Crippen LogP contribution is 2.10. The summed E-state index contributed by atoms with van der Waals surface area (Å²) in [7, 11) is 0. The van der Waals surface area contributed by atoms with Crippen LogP contribution in [0.3, 0.4) is 0 Å². The second-order valence-corrected chi connectivity index (χ2v) is 8.13. The van der Waals surface area contributed by atoms with E-state index in [9.17, 15) is 18.8 Å². The van der Waals surface area contributed by atoms with Crippen LogP contribution in [0.15, 0.2) is 53.3 Å². The molecule has 2 heterocycles. The van der Waals surface area contributed by atoms with Gasteiger partial charge in [0.25, 0.3) is 5.56 Å². The van der Waals surface area contributed by atoms with E-state index in [2.05, 4.69) is 4.98 Å². The molecule has 9 heteroatoms. The van der Waals surface area contributed by atoms with Gasteiger partial charge in [0, 0.05) is 39.1 Å². The molecular weight excluding hydrogens is 431 g/mol. The Morgan fingerprint density at radius 3 is 2.25 bits per heavy atom. The normalized spacial score (nSPS) is 14.0. The molecule has 0 radical (unpaired) electrons. The lowest BCUT2D eigenvalue weighted by molar-refractivity contribution is -0.139. The third-order valence-electron chi connectivity index (χ3n) is 5.69. The number of benzene rings is 2. The Kier molecular flexibility index (Phi) is 6.45. The zero-order valence-corrected chi connectivity index (χ0v) is 18.2. The first-order valence-electron chi connectivity index (χ1n) is 10.4. The fraction of sp³-hybridized carbons (Fsp3) is 0.304. The van der Waals surface area contributed by atoms with Crippen molar-refractivity contribution >= 4 is 34.9 Å². The third kappa shape index (κ3) is 4.77. The first kappa shape index (κ1) is 21.9. The lowest BCUT2D eigenvalue weighted by Crippen LogP contribution is -2.51. The number of piperazine rings is 1. The number of aromatic amines is 1. The number of hydrogen-bond donors (Lipinski definition) is 1. The van der Waals surface area contributed by atoms with Gasteiger partial charge in [-0.2, -0.15) is 0 Å². The quantitative estimate of drug-likeness (QED) is 0.601. The first-order chi connectivity index (χ1) is 15.4. The Morgan fingerprint density at radius 1 is 0.938 bits per heavy atom. The molecule has 4 rings (SSSR count). The molecular formula is C23H23FN4O3S. The SMILES string of the molecule is O=C(CCn1c(=S)[nH]c2ccccc2c1=O)N1CCN(C(=O)Cc2ccc(F)cc2)CC1. The minimum Gasteiger partial charge on any atom is -0.339 e. The lowest BCUT2D eigenvalue weighted by Gasteiger charge is -2.35. The van der Waals surface area contributed by atoms with Crippen molar-refractivity contribution in [1.29, 1.82) is 0 Å². The highest BCUT2D eigenvalue weighted by atomic mass is 32.1. The van der Waals surface area contributed by atoms with Crippen molar-refractivity contribution in [2.45, 2.75) is 19.4 Å². The average molecular weight is 455 g/mol. The average Bonchev–Trinajstić information content (AvgIpc) is 2.80. The summed E-state index contributed by atoms with van der Waals surface area (Å²) in [6.07, 6.45) is 0.358. The van der Waals surface area contributed by atoms with Crippen molar-refractivity contribution < 1.29 is 14.0 Å². The van der Waals surface area contributed by atoms with E-state index in [0.717, 1.165) is 5.56 Å². The maximum absolute atomic E-state index is 13.0. The van der Waals surface area contributed by atoms with E-state index in [-0.39, 0.29) is 47.3 Å². The Bertz CT molecular complexity index is 1260. The minimum atomic E-state index is -0.333. The molecule has 3 aromatic rings. The second kappa shape index (κ2) is 9.44. The predicted octanol–water partition coefficient (Wildman–Crippen LogP) is 2.50. The van der Waals surface area contributed by atoms with E-state index in [4.69, 9.17) is 12.2 Å². The minimum absolute atomic E-state index is 0.0438. The highest BCUT2D eigenvalue weighted by molar-refractivity contribution is 7.71. The molecule has 0 saturated carbocycles. The van der Waals surface area contributed by atoms with Crippen LogP contribution in [0, 0.1) is 10.6 Å². The molecule has 32 heavy (non-hydrogen) atoms. The molecule has 1 N–H and O–H groups in total. The van der Waals surface area contributed by atoms with Crippen molar-refractivity contribution in [1.82, 2.24) is 19.4 Å². The monoisotopic (exact) mass is 454 g/mol. The van der Waals surface area contributed by atoms with E-state index < -0.39 is 0 Å². The van der Waals surface area contributed by atoms with E-state index in [1.54, 1.807) is 40.1 Å². The number of carbonyl (C=O) groups excluding carboxylic acids is 2. The topological polar surface area (TPSA) is 78.4 Å². The number of nitrogens with one attached hydrogen (secondary N) is 1. The second-order valence-electron chi connectivity index (χ2n) is 7.75. The van der Waals surface area contributed by atoms with Crippen LogP contribution in [0.5, 0.6) is 0 Å². The number of fused-ring (bicyclic) bond motifs is 1. The summed E-state index contributed by atoms with van der Waals surface area (Å²) in [5.41, 5.74) is 1.21. The van der Waals surface area contributed by atoms with Crippen molar-refractivity contribution in [2.75, 3.05) is 26.2 Å². The van der Waals surface area contributed by atoms with E-state index >= 15 is 0 Å². The van der Waals surface area contributed by atoms with Crippen LogP contribution in [-0.2, 0) is 22.6 Å².